The standard InChI is InChI=1S/C12H27N3O/c1-4-6-7-14-12(16)10-15(5-2)9-11(3)8-13/h11H,4-10,13H2,1-3H3,(H,14,16). The van der Waals surface area contributed by atoms with Crippen LogP contribution in [0.25, 0.3) is 0 Å². The second-order valence-corrected chi connectivity index (χ2v) is 4.37. The van der Waals surface area contributed by atoms with Crippen LogP contribution >= 0.6 is 0 Å². The molecule has 1 atom stereocenters. The van der Waals surface area contributed by atoms with E-state index in [1.165, 1.54) is 0 Å². The highest BCUT2D eigenvalue weighted by atomic mass is 16.2. The fraction of sp³-hybridized carbons (Fsp3) is 0.917. The monoisotopic (exact) mass is 229 g/mol. The van der Waals surface area contributed by atoms with Crippen molar-refractivity contribution in [1.82, 2.24) is 10.2 Å². The zero-order valence-corrected chi connectivity index (χ0v) is 11.0. The van der Waals surface area contributed by atoms with Crippen molar-refractivity contribution in [2.24, 2.45) is 11.7 Å². The van der Waals surface area contributed by atoms with Gasteiger partial charge in [-0.05, 0) is 25.4 Å². The van der Waals surface area contributed by atoms with E-state index in [9.17, 15) is 4.79 Å². The summed E-state index contributed by atoms with van der Waals surface area (Å²) in [6.45, 7) is 10.0. The summed E-state index contributed by atoms with van der Waals surface area (Å²) in [4.78, 5) is 13.7. The van der Waals surface area contributed by atoms with Gasteiger partial charge in [-0.1, -0.05) is 27.2 Å². The van der Waals surface area contributed by atoms with Crippen LogP contribution in [0.3, 0.4) is 0 Å². The van der Waals surface area contributed by atoms with Crippen LogP contribution in [0.2, 0.25) is 0 Å². The first-order chi connectivity index (χ1) is 7.63. The van der Waals surface area contributed by atoms with Gasteiger partial charge in [-0.3, -0.25) is 9.69 Å². The van der Waals surface area contributed by atoms with E-state index < -0.39 is 0 Å². The molecule has 1 amide bonds. The number of nitrogens with zero attached hydrogens (tertiary/aromatic N) is 1. The molecule has 4 heteroatoms. The number of rotatable bonds is 9. The van der Waals surface area contributed by atoms with Crippen LogP contribution in [0.15, 0.2) is 0 Å². The van der Waals surface area contributed by atoms with Gasteiger partial charge in [-0.25, -0.2) is 0 Å². The molecular weight excluding hydrogens is 202 g/mol. The number of carbonyl (C=O) groups is 1. The fourth-order valence-corrected chi connectivity index (χ4v) is 1.48. The van der Waals surface area contributed by atoms with Crippen molar-refractivity contribution in [2.45, 2.75) is 33.6 Å². The summed E-state index contributed by atoms with van der Waals surface area (Å²) in [7, 11) is 0. The Bertz CT molecular complexity index is 185. The molecule has 0 aromatic carbocycles. The minimum Gasteiger partial charge on any atom is -0.355 e. The van der Waals surface area contributed by atoms with E-state index in [2.05, 4.69) is 31.0 Å². The molecule has 0 aromatic rings. The van der Waals surface area contributed by atoms with Gasteiger partial charge in [0.05, 0.1) is 6.54 Å². The predicted octanol–water partition coefficient (Wildman–Crippen LogP) is 0.819. The maximum absolute atomic E-state index is 11.6. The molecule has 0 spiro atoms. The van der Waals surface area contributed by atoms with E-state index in [1.807, 2.05) is 0 Å². The van der Waals surface area contributed by atoms with Crippen molar-refractivity contribution in [2.75, 3.05) is 32.7 Å². The van der Waals surface area contributed by atoms with E-state index in [1.54, 1.807) is 0 Å². The molecule has 0 heterocycles. The quantitative estimate of drug-likeness (QED) is 0.576. The highest BCUT2D eigenvalue weighted by Gasteiger charge is 2.11. The predicted molar refractivity (Wildman–Crippen MR) is 68.3 cm³/mol. The summed E-state index contributed by atoms with van der Waals surface area (Å²) >= 11 is 0. The minimum atomic E-state index is 0.125. The number of amides is 1. The molecule has 0 bridgehead atoms. The Labute approximate surface area is 99.6 Å². The molecule has 0 aliphatic carbocycles. The molecule has 96 valence electrons. The lowest BCUT2D eigenvalue weighted by molar-refractivity contribution is -0.122. The summed E-state index contributed by atoms with van der Waals surface area (Å²) in [6, 6.07) is 0. The van der Waals surface area contributed by atoms with E-state index in [0.717, 1.165) is 32.5 Å². The Morgan fingerprint density at radius 1 is 1.44 bits per heavy atom. The van der Waals surface area contributed by atoms with Gasteiger partial charge in [-0.15, -0.1) is 0 Å². The van der Waals surface area contributed by atoms with Gasteiger partial charge >= 0.3 is 0 Å². The highest BCUT2D eigenvalue weighted by molar-refractivity contribution is 5.77. The summed E-state index contributed by atoms with van der Waals surface area (Å²) in [5.41, 5.74) is 5.58. The molecule has 0 aromatic heterocycles. The number of nitrogens with two attached hydrogens (primary N) is 1. The van der Waals surface area contributed by atoms with Crippen LogP contribution < -0.4 is 11.1 Å². The molecule has 0 radical (unpaired) electrons. The van der Waals surface area contributed by atoms with Crippen molar-refractivity contribution in [1.29, 1.82) is 0 Å². The number of hydrogen-bond donors (Lipinski definition) is 2. The van der Waals surface area contributed by atoms with Gasteiger partial charge in [-0.2, -0.15) is 0 Å². The second kappa shape index (κ2) is 9.60. The average Bonchev–Trinajstić information content (AvgIpc) is 2.28. The molecular formula is C12H27N3O. The lowest BCUT2D eigenvalue weighted by atomic mass is 10.1. The Morgan fingerprint density at radius 2 is 2.12 bits per heavy atom. The third-order valence-corrected chi connectivity index (χ3v) is 2.64. The zero-order valence-electron chi connectivity index (χ0n) is 11.0. The Balaban J connectivity index is 3.78. The molecule has 16 heavy (non-hydrogen) atoms. The van der Waals surface area contributed by atoms with Gasteiger partial charge in [0, 0.05) is 13.1 Å². The van der Waals surface area contributed by atoms with Crippen molar-refractivity contribution in [3.05, 3.63) is 0 Å². The molecule has 0 saturated heterocycles. The summed E-state index contributed by atoms with van der Waals surface area (Å²) in [5.74, 6) is 0.572. The van der Waals surface area contributed by atoms with Gasteiger partial charge in [0.15, 0.2) is 0 Å². The molecule has 0 rings (SSSR count). The van der Waals surface area contributed by atoms with E-state index in [4.69, 9.17) is 5.73 Å². The largest absolute Gasteiger partial charge is 0.355 e. The van der Waals surface area contributed by atoms with Crippen LogP contribution in [0.4, 0.5) is 0 Å². The minimum absolute atomic E-state index is 0.125. The van der Waals surface area contributed by atoms with Crippen LogP contribution in [-0.4, -0.2) is 43.5 Å². The van der Waals surface area contributed by atoms with Gasteiger partial charge in [0.1, 0.15) is 0 Å². The van der Waals surface area contributed by atoms with Gasteiger partial charge in [0.2, 0.25) is 5.91 Å². The van der Waals surface area contributed by atoms with Crippen molar-refractivity contribution < 1.29 is 4.79 Å². The van der Waals surface area contributed by atoms with Crippen LogP contribution in [0.5, 0.6) is 0 Å². The molecule has 1 unspecified atom stereocenters. The van der Waals surface area contributed by atoms with Crippen LogP contribution in [0, 0.1) is 5.92 Å². The van der Waals surface area contributed by atoms with Gasteiger partial charge < -0.3 is 11.1 Å². The Kier molecular flexibility index (Phi) is 9.24. The summed E-state index contributed by atoms with van der Waals surface area (Å²) in [6.07, 6.45) is 2.17. The molecule has 0 fully saturated rings. The number of likely N-dealkylation sites (N-methyl/N-ethyl adjacent to an activating group) is 1. The third kappa shape index (κ3) is 7.65. The van der Waals surface area contributed by atoms with E-state index in [-0.39, 0.29) is 5.91 Å². The SMILES string of the molecule is CCCCNC(=O)CN(CC)CC(C)CN. The van der Waals surface area contributed by atoms with E-state index in [0.29, 0.717) is 19.0 Å². The highest BCUT2D eigenvalue weighted by Crippen LogP contribution is 1.97. The first-order valence-electron chi connectivity index (χ1n) is 6.33. The lowest BCUT2D eigenvalue weighted by Crippen LogP contribution is -2.40. The second-order valence-electron chi connectivity index (χ2n) is 4.37. The van der Waals surface area contributed by atoms with E-state index >= 15 is 0 Å². The van der Waals surface area contributed by atoms with Gasteiger partial charge in [0.25, 0.3) is 0 Å². The zero-order chi connectivity index (χ0) is 12.4. The topological polar surface area (TPSA) is 58.4 Å². The number of nitrogens with one attached hydrogen (secondary N) is 1. The van der Waals surface area contributed by atoms with Crippen LogP contribution in [0.1, 0.15) is 33.6 Å². The van der Waals surface area contributed by atoms with Crippen molar-refractivity contribution >= 4 is 5.91 Å². The Morgan fingerprint density at radius 3 is 2.62 bits per heavy atom. The average molecular weight is 229 g/mol. The maximum atomic E-state index is 11.6. The normalized spacial score (nSPS) is 12.8. The summed E-state index contributed by atoms with van der Waals surface area (Å²) < 4.78 is 0. The number of hydrogen-bond acceptors (Lipinski definition) is 3. The molecule has 0 aliphatic heterocycles. The summed E-state index contributed by atoms with van der Waals surface area (Å²) in [5, 5.41) is 2.93. The molecule has 3 N–H and O–H groups in total. The smallest absolute Gasteiger partial charge is 0.234 e. The Hall–Kier alpha value is -0.610. The van der Waals surface area contributed by atoms with Crippen molar-refractivity contribution in [3.8, 4) is 0 Å². The van der Waals surface area contributed by atoms with Crippen LogP contribution in [-0.2, 0) is 4.79 Å². The van der Waals surface area contributed by atoms with Crippen molar-refractivity contribution in [3.63, 3.8) is 0 Å². The lowest BCUT2D eigenvalue weighted by Gasteiger charge is -2.22. The first-order valence-corrected chi connectivity index (χ1v) is 6.33. The number of unbranched alkanes of at least 4 members (excludes halogenated alkanes) is 1. The first kappa shape index (κ1) is 15.4. The third-order valence-electron chi connectivity index (χ3n) is 2.64. The maximum Gasteiger partial charge on any atom is 0.234 e. The molecule has 0 aliphatic rings. The molecule has 4 nitrogen and oxygen atoms in total. The molecule has 0 saturated carbocycles. The number of carbonyl (C=O) groups excluding carboxylic acids is 1. The fourth-order valence-electron chi connectivity index (χ4n) is 1.48.